The molecule has 0 aromatic rings. The molecule has 1 unspecified atom stereocenters. The number of unbranched alkanes of at least 4 members (excludes halogenated alkanes) is 1. The molecule has 0 aliphatic heterocycles. The molecule has 0 N–H and O–H groups in total. The average Bonchev–Trinajstić information content (AvgIpc) is 2.38. The van der Waals surface area contributed by atoms with Crippen molar-refractivity contribution in [3.63, 3.8) is 0 Å². The maximum Gasteiger partial charge on any atom is -0.0196 e. The van der Waals surface area contributed by atoms with E-state index in [0.29, 0.717) is 0 Å². The van der Waals surface area contributed by atoms with Crippen LogP contribution in [0.15, 0.2) is 47.6 Å². The molecule has 1 aliphatic carbocycles. The highest BCUT2D eigenvalue weighted by molar-refractivity contribution is 5.26. The maximum absolute atomic E-state index is 4.11. The first-order chi connectivity index (χ1) is 8.61. The van der Waals surface area contributed by atoms with E-state index in [1.54, 1.807) is 0 Å². The van der Waals surface area contributed by atoms with Crippen LogP contribution in [0.4, 0.5) is 0 Å². The molecule has 0 radical (unpaired) electrons. The van der Waals surface area contributed by atoms with Gasteiger partial charge in [-0.05, 0) is 45.4 Å². The van der Waals surface area contributed by atoms with Gasteiger partial charge in [0.05, 0.1) is 0 Å². The Labute approximate surface area is 113 Å². The summed E-state index contributed by atoms with van der Waals surface area (Å²) < 4.78 is 0. The van der Waals surface area contributed by atoms with Crippen molar-refractivity contribution in [2.75, 3.05) is 0 Å². The van der Waals surface area contributed by atoms with Gasteiger partial charge in [0.1, 0.15) is 0 Å². The lowest BCUT2D eigenvalue weighted by atomic mass is 9.94. The first-order valence-electron chi connectivity index (χ1n) is 7.31. The fraction of sp³-hybridized carbons (Fsp3) is 0.556. The van der Waals surface area contributed by atoms with E-state index >= 15 is 0 Å². The lowest BCUT2D eigenvalue weighted by Crippen LogP contribution is -1.97. The summed E-state index contributed by atoms with van der Waals surface area (Å²) in [5.74, 6) is 0.722. The number of hydrogen-bond acceptors (Lipinski definition) is 0. The highest BCUT2D eigenvalue weighted by atomic mass is 14.1. The summed E-state index contributed by atoms with van der Waals surface area (Å²) in [6, 6.07) is 0. The summed E-state index contributed by atoms with van der Waals surface area (Å²) in [5, 5.41) is 0. The van der Waals surface area contributed by atoms with Gasteiger partial charge in [-0.1, -0.05) is 67.4 Å². The zero-order valence-electron chi connectivity index (χ0n) is 12.3. The van der Waals surface area contributed by atoms with Crippen molar-refractivity contribution in [1.29, 1.82) is 0 Å². The molecule has 0 heterocycles. The minimum atomic E-state index is 0.722. The Balaban J connectivity index is 2.79. The minimum Gasteiger partial charge on any atom is -0.0958 e. The Bertz CT molecular complexity index is 352. The van der Waals surface area contributed by atoms with Crippen LogP contribution in [0.5, 0.6) is 0 Å². The molecule has 1 aliphatic rings. The van der Waals surface area contributed by atoms with Crippen LogP contribution in [-0.4, -0.2) is 0 Å². The van der Waals surface area contributed by atoms with Crippen molar-refractivity contribution >= 4 is 0 Å². The fourth-order valence-electron chi connectivity index (χ4n) is 2.32. The smallest absolute Gasteiger partial charge is 0.0196 e. The Morgan fingerprint density at radius 1 is 1.22 bits per heavy atom. The summed E-state index contributed by atoms with van der Waals surface area (Å²) in [7, 11) is 0. The second kappa shape index (κ2) is 8.13. The molecule has 0 aromatic carbocycles. The van der Waals surface area contributed by atoms with E-state index in [0.717, 1.165) is 18.8 Å². The SMILES string of the molecule is C=C1/C=C\C(C)=C/CC(CCCC)/C=C(/C)CC1. The summed E-state index contributed by atoms with van der Waals surface area (Å²) in [4.78, 5) is 0. The van der Waals surface area contributed by atoms with Crippen molar-refractivity contribution in [3.8, 4) is 0 Å². The molecule has 0 spiro atoms. The van der Waals surface area contributed by atoms with E-state index in [2.05, 4.69) is 51.7 Å². The van der Waals surface area contributed by atoms with Gasteiger partial charge >= 0.3 is 0 Å². The van der Waals surface area contributed by atoms with E-state index in [-0.39, 0.29) is 0 Å². The predicted octanol–water partition coefficient (Wildman–Crippen LogP) is 5.98. The number of allylic oxidation sites excluding steroid dienone is 7. The summed E-state index contributed by atoms with van der Waals surface area (Å²) in [6.45, 7) is 10.8. The van der Waals surface area contributed by atoms with E-state index in [9.17, 15) is 0 Å². The molecule has 1 atom stereocenters. The van der Waals surface area contributed by atoms with Gasteiger partial charge in [0.25, 0.3) is 0 Å². The van der Waals surface area contributed by atoms with E-state index in [1.165, 1.54) is 42.4 Å². The molecule has 1 rings (SSSR count). The predicted molar refractivity (Wildman–Crippen MR) is 82.7 cm³/mol. The van der Waals surface area contributed by atoms with Crippen LogP contribution in [0.25, 0.3) is 0 Å². The van der Waals surface area contributed by atoms with Crippen molar-refractivity contribution < 1.29 is 0 Å². The molecule has 0 saturated heterocycles. The highest BCUT2D eigenvalue weighted by Crippen LogP contribution is 2.22. The minimum absolute atomic E-state index is 0.722. The van der Waals surface area contributed by atoms with Gasteiger partial charge in [-0.2, -0.15) is 0 Å². The number of rotatable bonds is 3. The van der Waals surface area contributed by atoms with Crippen molar-refractivity contribution in [1.82, 2.24) is 0 Å². The van der Waals surface area contributed by atoms with Crippen LogP contribution >= 0.6 is 0 Å². The lowest BCUT2D eigenvalue weighted by Gasteiger charge is -2.12. The van der Waals surface area contributed by atoms with Crippen LogP contribution in [0.2, 0.25) is 0 Å². The van der Waals surface area contributed by atoms with Crippen LogP contribution < -0.4 is 0 Å². The Morgan fingerprint density at radius 2 is 2.00 bits per heavy atom. The third-order valence-electron chi connectivity index (χ3n) is 3.61. The van der Waals surface area contributed by atoms with Crippen LogP contribution in [0, 0.1) is 5.92 Å². The van der Waals surface area contributed by atoms with Gasteiger partial charge < -0.3 is 0 Å². The molecule has 0 saturated carbocycles. The molecule has 100 valence electrons. The Morgan fingerprint density at radius 3 is 2.72 bits per heavy atom. The topological polar surface area (TPSA) is 0 Å². The van der Waals surface area contributed by atoms with Gasteiger partial charge in [0.2, 0.25) is 0 Å². The normalized spacial score (nSPS) is 29.7. The fourth-order valence-corrected chi connectivity index (χ4v) is 2.32. The number of hydrogen-bond donors (Lipinski definition) is 0. The van der Waals surface area contributed by atoms with Gasteiger partial charge in [-0.3, -0.25) is 0 Å². The monoisotopic (exact) mass is 244 g/mol. The molecule has 0 nitrogen and oxygen atoms in total. The Kier molecular flexibility index (Phi) is 6.78. The first-order valence-corrected chi connectivity index (χ1v) is 7.31. The molecular formula is C18H28. The molecule has 0 amide bonds. The van der Waals surface area contributed by atoms with E-state index in [4.69, 9.17) is 0 Å². The second-order valence-electron chi connectivity index (χ2n) is 5.59. The maximum atomic E-state index is 4.11. The summed E-state index contributed by atoms with van der Waals surface area (Å²) in [5.41, 5.74) is 4.13. The largest absolute Gasteiger partial charge is 0.0958 e. The van der Waals surface area contributed by atoms with Gasteiger partial charge in [-0.25, -0.2) is 0 Å². The van der Waals surface area contributed by atoms with Gasteiger partial charge in [0.15, 0.2) is 0 Å². The van der Waals surface area contributed by atoms with Gasteiger partial charge in [-0.15, -0.1) is 0 Å². The standard InChI is InChI=1S/C18H28/c1-5-6-7-18-13-12-16(3)9-8-15(2)10-11-17(4)14-18/h8-9,12,14,18H,2,5-7,10-11,13H2,1,3-4H3/b9-8-,16-12-,17-14-. The van der Waals surface area contributed by atoms with Crippen molar-refractivity contribution in [3.05, 3.63) is 47.6 Å². The summed E-state index contributed by atoms with van der Waals surface area (Å²) >= 11 is 0. The molecule has 0 aromatic heterocycles. The van der Waals surface area contributed by atoms with Crippen molar-refractivity contribution in [2.45, 2.75) is 59.3 Å². The Hall–Kier alpha value is -1.04. The van der Waals surface area contributed by atoms with Crippen molar-refractivity contribution in [2.24, 2.45) is 5.92 Å². The molecule has 0 fully saturated rings. The molecule has 0 heteroatoms. The zero-order chi connectivity index (χ0) is 13.4. The lowest BCUT2D eigenvalue weighted by molar-refractivity contribution is 0.556. The zero-order valence-corrected chi connectivity index (χ0v) is 12.3. The van der Waals surface area contributed by atoms with Crippen LogP contribution in [0.1, 0.15) is 59.3 Å². The molecular weight excluding hydrogens is 216 g/mol. The average molecular weight is 244 g/mol. The van der Waals surface area contributed by atoms with Gasteiger partial charge in [0, 0.05) is 0 Å². The highest BCUT2D eigenvalue weighted by Gasteiger charge is 2.05. The van der Waals surface area contributed by atoms with Crippen LogP contribution in [-0.2, 0) is 0 Å². The van der Waals surface area contributed by atoms with E-state index < -0.39 is 0 Å². The summed E-state index contributed by atoms with van der Waals surface area (Å²) in [6.07, 6.45) is 16.6. The van der Waals surface area contributed by atoms with E-state index in [1.807, 2.05) is 0 Å². The third-order valence-corrected chi connectivity index (χ3v) is 3.61. The molecule has 0 bridgehead atoms. The third kappa shape index (κ3) is 6.05. The quantitative estimate of drug-likeness (QED) is 0.535. The second-order valence-corrected chi connectivity index (χ2v) is 5.59. The van der Waals surface area contributed by atoms with Crippen LogP contribution in [0.3, 0.4) is 0 Å². The molecule has 18 heavy (non-hydrogen) atoms. The first kappa shape index (κ1) is 15.0.